The summed E-state index contributed by atoms with van der Waals surface area (Å²) in [5.74, 6) is 0.552. The first-order valence-corrected chi connectivity index (χ1v) is 5.65. The van der Waals surface area contributed by atoms with Crippen molar-refractivity contribution in [2.45, 2.75) is 20.0 Å². The van der Waals surface area contributed by atoms with Gasteiger partial charge in [-0.05, 0) is 49.7 Å². The lowest BCUT2D eigenvalue weighted by Crippen LogP contribution is -1.99. The van der Waals surface area contributed by atoms with Gasteiger partial charge in [0.1, 0.15) is 11.6 Å². The van der Waals surface area contributed by atoms with E-state index >= 15 is 0 Å². The smallest absolute Gasteiger partial charge is 0.225 e. The molecule has 94 valence electrons. The number of hydrogen-bond donors (Lipinski definition) is 1. The maximum absolute atomic E-state index is 13.0. The molecule has 0 aliphatic carbocycles. The molecule has 1 heterocycles. The topological polar surface area (TPSA) is 42.4 Å². The van der Waals surface area contributed by atoms with Crippen molar-refractivity contribution in [1.82, 2.24) is 4.98 Å². The molecule has 0 aliphatic rings. The molecule has 0 aliphatic heterocycles. The van der Waals surface area contributed by atoms with Crippen molar-refractivity contribution >= 4 is 0 Å². The van der Waals surface area contributed by atoms with E-state index in [9.17, 15) is 9.50 Å². The summed E-state index contributed by atoms with van der Waals surface area (Å²) in [4.78, 5) is 4.08. The molecule has 0 unspecified atom stereocenters. The van der Waals surface area contributed by atoms with Gasteiger partial charge in [0.25, 0.3) is 0 Å². The Balaban J connectivity index is 2.34. The summed E-state index contributed by atoms with van der Waals surface area (Å²) in [6.07, 6.45) is 0.912. The van der Waals surface area contributed by atoms with E-state index in [4.69, 9.17) is 4.74 Å². The second-order valence-corrected chi connectivity index (χ2v) is 4.09. The van der Waals surface area contributed by atoms with Crippen molar-refractivity contribution in [3.63, 3.8) is 0 Å². The second kappa shape index (κ2) is 5.14. The molecule has 0 saturated heterocycles. The first-order valence-electron chi connectivity index (χ1n) is 5.65. The third kappa shape index (κ3) is 2.65. The largest absolute Gasteiger partial charge is 0.438 e. The van der Waals surface area contributed by atoms with Crippen LogP contribution in [0.5, 0.6) is 11.6 Å². The molecule has 0 radical (unpaired) electrons. The van der Waals surface area contributed by atoms with Gasteiger partial charge < -0.3 is 9.84 Å². The molecule has 3 nitrogen and oxygen atoms in total. The summed E-state index contributed by atoms with van der Waals surface area (Å²) in [5.41, 5.74) is 1.28. The molecule has 2 aromatic rings. The molecule has 1 aromatic heterocycles. The summed E-state index contributed by atoms with van der Waals surface area (Å²) < 4.78 is 18.6. The molecule has 1 atom stereocenters. The van der Waals surface area contributed by atoms with Gasteiger partial charge in [-0.3, -0.25) is 0 Å². The summed E-state index contributed by atoms with van der Waals surface area (Å²) >= 11 is 0. The van der Waals surface area contributed by atoms with Crippen LogP contribution in [0.2, 0.25) is 0 Å². The zero-order chi connectivity index (χ0) is 13.1. The fraction of sp³-hybridized carbons (Fsp3) is 0.214. The highest BCUT2D eigenvalue weighted by molar-refractivity contribution is 5.38. The van der Waals surface area contributed by atoms with Gasteiger partial charge in [0.2, 0.25) is 5.88 Å². The molecule has 1 N–H and O–H groups in total. The number of nitrogens with zero attached hydrogens (tertiary/aromatic N) is 1. The van der Waals surface area contributed by atoms with Crippen LogP contribution in [-0.4, -0.2) is 10.1 Å². The van der Waals surface area contributed by atoms with Crippen molar-refractivity contribution in [2.75, 3.05) is 0 Å². The molecule has 0 saturated carbocycles. The van der Waals surface area contributed by atoms with E-state index < -0.39 is 6.10 Å². The first kappa shape index (κ1) is 12.5. The number of rotatable bonds is 3. The zero-order valence-electron chi connectivity index (χ0n) is 10.2. The van der Waals surface area contributed by atoms with Crippen LogP contribution < -0.4 is 4.74 Å². The normalized spacial score (nSPS) is 12.2. The van der Waals surface area contributed by atoms with Crippen LogP contribution in [0.1, 0.15) is 24.2 Å². The minimum absolute atomic E-state index is 0.309. The number of aliphatic hydroxyl groups excluding tert-OH is 1. The van der Waals surface area contributed by atoms with Crippen LogP contribution in [-0.2, 0) is 0 Å². The Labute approximate surface area is 105 Å². The van der Waals surface area contributed by atoms with Gasteiger partial charge in [0.05, 0.1) is 6.10 Å². The fourth-order valence-corrected chi connectivity index (χ4v) is 1.64. The second-order valence-electron chi connectivity index (χ2n) is 4.09. The fourth-order valence-electron chi connectivity index (χ4n) is 1.64. The highest BCUT2D eigenvalue weighted by Crippen LogP contribution is 2.29. The van der Waals surface area contributed by atoms with Crippen LogP contribution in [0.3, 0.4) is 0 Å². The average Bonchev–Trinajstić information content (AvgIpc) is 2.33. The molecule has 0 spiro atoms. The van der Waals surface area contributed by atoms with Crippen LogP contribution >= 0.6 is 0 Å². The molecule has 4 heteroatoms. The lowest BCUT2D eigenvalue weighted by atomic mass is 10.2. The number of aliphatic hydroxyl groups is 1. The maximum atomic E-state index is 13.0. The standard InChI is InChI=1S/C14H14FNO2/c1-9-8-11(15)5-6-13(9)18-14-12(10(2)17)4-3-7-16-14/h3-8,10,17H,1-2H3/t10-/m1/s1. The minimum atomic E-state index is -0.672. The first-order chi connectivity index (χ1) is 8.58. The molecule has 0 amide bonds. The minimum Gasteiger partial charge on any atom is -0.438 e. The number of hydrogen-bond acceptors (Lipinski definition) is 3. The number of benzene rings is 1. The van der Waals surface area contributed by atoms with Crippen LogP contribution in [0.15, 0.2) is 36.5 Å². The van der Waals surface area contributed by atoms with E-state index in [1.165, 1.54) is 12.1 Å². The van der Waals surface area contributed by atoms with Gasteiger partial charge in [-0.2, -0.15) is 0 Å². The number of pyridine rings is 1. The van der Waals surface area contributed by atoms with Crippen molar-refractivity contribution < 1.29 is 14.2 Å². The number of ether oxygens (including phenoxy) is 1. The molecule has 18 heavy (non-hydrogen) atoms. The van der Waals surface area contributed by atoms with Crippen molar-refractivity contribution in [2.24, 2.45) is 0 Å². The number of aromatic nitrogens is 1. The monoisotopic (exact) mass is 247 g/mol. The zero-order valence-corrected chi connectivity index (χ0v) is 10.2. The molecular weight excluding hydrogens is 233 g/mol. The van der Waals surface area contributed by atoms with Gasteiger partial charge in [-0.15, -0.1) is 0 Å². The van der Waals surface area contributed by atoms with E-state index in [1.54, 1.807) is 38.2 Å². The Morgan fingerprint density at radius 3 is 2.78 bits per heavy atom. The van der Waals surface area contributed by atoms with Crippen molar-refractivity contribution in [3.05, 3.63) is 53.5 Å². The number of aryl methyl sites for hydroxylation is 1. The van der Waals surface area contributed by atoms with E-state index in [-0.39, 0.29) is 5.82 Å². The van der Waals surface area contributed by atoms with Crippen LogP contribution in [0.4, 0.5) is 4.39 Å². The lowest BCUT2D eigenvalue weighted by molar-refractivity contribution is 0.194. The molecule has 0 bridgehead atoms. The molecular formula is C14H14FNO2. The third-order valence-corrected chi connectivity index (χ3v) is 2.59. The maximum Gasteiger partial charge on any atom is 0.225 e. The van der Waals surface area contributed by atoms with Crippen molar-refractivity contribution in [3.8, 4) is 11.6 Å². The molecule has 0 fully saturated rings. The Hall–Kier alpha value is -1.94. The van der Waals surface area contributed by atoms with Crippen LogP contribution in [0.25, 0.3) is 0 Å². The number of halogens is 1. The van der Waals surface area contributed by atoms with Crippen molar-refractivity contribution in [1.29, 1.82) is 0 Å². The van der Waals surface area contributed by atoms with Gasteiger partial charge in [-0.25, -0.2) is 9.37 Å². The summed E-state index contributed by atoms with van der Waals surface area (Å²) in [6.45, 7) is 3.39. The van der Waals surface area contributed by atoms with Crippen LogP contribution in [0, 0.1) is 12.7 Å². The van der Waals surface area contributed by atoms with E-state index in [1.807, 2.05) is 0 Å². The molecule has 1 aromatic carbocycles. The summed E-state index contributed by atoms with van der Waals surface area (Å²) in [7, 11) is 0. The van der Waals surface area contributed by atoms with E-state index in [2.05, 4.69) is 4.98 Å². The van der Waals surface area contributed by atoms with E-state index in [0.29, 0.717) is 22.8 Å². The molecule has 2 rings (SSSR count). The van der Waals surface area contributed by atoms with Gasteiger partial charge in [0.15, 0.2) is 0 Å². The summed E-state index contributed by atoms with van der Waals surface area (Å²) in [5, 5.41) is 9.62. The Bertz CT molecular complexity index is 555. The highest BCUT2D eigenvalue weighted by Gasteiger charge is 2.11. The Morgan fingerprint density at radius 1 is 1.33 bits per heavy atom. The Kier molecular flexibility index (Phi) is 3.58. The van der Waals surface area contributed by atoms with Gasteiger partial charge >= 0.3 is 0 Å². The predicted octanol–water partition coefficient (Wildman–Crippen LogP) is 3.37. The quantitative estimate of drug-likeness (QED) is 0.904. The van der Waals surface area contributed by atoms with E-state index in [0.717, 1.165) is 0 Å². The van der Waals surface area contributed by atoms with Gasteiger partial charge in [0, 0.05) is 11.8 Å². The lowest BCUT2D eigenvalue weighted by Gasteiger charge is -2.13. The summed E-state index contributed by atoms with van der Waals surface area (Å²) in [6, 6.07) is 7.73. The Morgan fingerprint density at radius 2 is 2.11 bits per heavy atom. The van der Waals surface area contributed by atoms with Gasteiger partial charge in [-0.1, -0.05) is 0 Å². The predicted molar refractivity (Wildman–Crippen MR) is 66.1 cm³/mol. The third-order valence-electron chi connectivity index (χ3n) is 2.59. The SMILES string of the molecule is Cc1cc(F)ccc1Oc1ncccc1[C@@H](C)O. The average molecular weight is 247 g/mol. The highest BCUT2D eigenvalue weighted by atomic mass is 19.1.